The van der Waals surface area contributed by atoms with Crippen molar-refractivity contribution in [2.45, 2.75) is 31.9 Å². The Kier molecular flexibility index (Phi) is 4.18. The van der Waals surface area contributed by atoms with Crippen LogP contribution < -0.4 is 0 Å². The van der Waals surface area contributed by atoms with Gasteiger partial charge in [0, 0.05) is 18.7 Å². The van der Waals surface area contributed by atoms with Crippen molar-refractivity contribution < 1.29 is 4.74 Å². The monoisotopic (exact) mass is 368 g/mol. The number of aromatic nitrogens is 2. The molecule has 0 spiro atoms. The molecule has 0 amide bonds. The lowest BCUT2D eigenvalue weighted by Crippen LogP contribution is -2.19. The maximum absolute atomic E-state index is 5.87. The average molecular weight is 368 g/mol. The predicted molar refractivity (Wildman–Crippen MR) is 83.0 cm³/mol. The van der Waals surface area contributed by atoms with Gasteiger partial charge in [0.2, 0.25) is 0 Å². The van der Waals surface area contributed by atoms with Crippen molar-refractivity contribution in [2.24, 2.45) is 0 Å². The summed E-state index contributed by atoms with van der Waals surface area (Å²) in [5.41, 5.74) is 1.23. The summed E-state index contributed by atoms with van der Waals surface area (Å²) in [7, 11) is 0. The van der Waals surface area contributed by atoms with Crippen molar-refractivity contribution in [2.75, 3.05) is 6.61 Å². The Hall–Kier alpha value is -0.880. The third-order valence-corrected chi connectivity index (χ3v) is 4.05. The number of halogens is 1. The standard InChI is InChI=1S/C15H17IN2O/c16-14-9-18-8-4-7-13(15(18)17-14)11-19-10-12-5-2-1-3-6-12/h1-3,5-6,9,13H,4,7-8,10-11H2. The second kappa shape index (κ2) is 6.05. The quantitative estimate of drug-likeness (QED) is 0.772. The van der Waals surface area contributed by atoms with E-state index >= 15 is 0 Å². The highest BCUT2D eigenvalue weighted by Crippen LogP contribution is 2.27. The van der Waals surface area contributed by atoms with Gasteiger partial charge in [-0.2, -0.15) is 0 Å². The lowest BCUT2D eigenvalue weighted by Gasteiger charge is -2.23. The minimum Gasteiger partial charge on any atom is -0.376 e. The van der Waals surface area contributed by atoms with Crippen molar-refractivity contribution in [3.8, 4) is 0 Å². The van der Waals surface area contributed by atoms with Gasteiger partial charge in [0.05, 0.1) is 13.2 Å². The number of fused-ring (bicyclic) bond motifs is 1. The minimum absolute atomic E-state index is 0.445. The van der Waals surface area contributed by atoms with E-state index in [1.165, 1.54) is 24.2 Å². The molecule has 1 aliphatic heterocycles. The Labute approximate surface area is 127 Å². The third kappa shape index (κ3) is 3.17. The molecule has 0 bridgehead atoms. The smallest absolute Gasteiger partial charge is 0.119 e. The van der Waals surface area contributed by atoms with Gasteiger partial charge in [-0.3, -0.25) is 0 Å². The van der Waals surface area contributed by atoms with Gasteiger partial charge in [-0.05, 0) is 41.0 Å². The van der Waals surface area contributed by atoms with Crippen LogP contribution in [0.1, 0.15) is 30.1 Å². The number of rotatable bonds is 4. The molecule has 0 N–H and O–H groups in total. The van der Waals surface area contributed by atoms with Crippen molar-refractivity contribution in [1.29, 1.82) is 0 Å². The fraction of sp³-hybridized carbons (Fsp3) is 0.400. The maximum atomic E-state index is 5.87. The SMILES string of the molecule is Ic1cn2c(n1)C(COCc1ccccc1)CCC2. The van der Waals surface area contributed by atoms with E-state index in [1.54, 1.807) is 0 Å². The molecule has 1 aromatic heterocycles. The van der Waals surface area contributed by atoms with E-state index < -0.39 is 0 Å². The molecule has 0 fully saturated rings. The van der Waals surface area contributed by atoms with Gasteiger partial charge in [0.15, 0.2) is 0 Å². The van der Waals surface area contributed by atoms with E-state index in [2.05, 4.69) is 50.5 Å². The molecule has 4 heteroatoms. The van der Waals surface area contributed by atoms with Gasteiger partial charge in [0.1, 0.15) is 9.53 Å². The summed E-state index contributed by atoms with van der Waals surface area (Å²) < 4.78 is 9.23. The van der Waals surface area contributed by atoms with Crippen molar-refractivity contribution >= 4 is 22.6 Å². The maximum Gasteiger partial charge on any atom is 0.119 e. The first kappa shape index (κ1) is 13.1. The van der Waals surface area contributed by atoms with Gasteiger partial charge in [-0.25, -0.2) is 4.98 Å². The summed E-state index contributed by atoms with van der Waals surface area (Å²) in [6, 6.07) is 10.3. The molecule has 0 radical (unpaired) electrons. The zero-order valence-corrected chi connectivity index (χ0v) is 12.9. The lowest BCUT2D eigenvalue weighted by atomic mass is 10.00. The number of imidazole rings is 1. The molecule has 19 heavy (non-hydrogen) atoms. The fourth-order valence-electron chi connectivity index (χ4n) is 2.59. The van der Waals surface area contributed by atoms with Crippen molar-refractivity contribution in [1.82, 2.24) is 9.55 Å². The Bertz CT molecular complexity index is 538. The van der Waals surface area contributed by atoms with Crippen molar-refractivity contribution in [3.05, 3.63) is 51.6 Å². The number of ether oxygens (including phenoxy) is 1. The van der Waals surface area contributed by atoms with E-state index in [0.29, 0.717) is 12.5 Å². The van der Waals surface area contributed by atoms with Crippen LogP contribution in [0.2, 0.25) is 0 Å². The Morgan fingerprint density at radius 3 is 3.00 bits per heavy atom. The zero-order valence-electron chi connectivity index (χ0n) is 10.8. The van der Waals surface area contributed by atoms with Crippen LogP contribution in [0.25, 0.3) is 0 Å². The molecule has 0 saturated heterocycles. The molecule has 2 aromatic rings. The topological polar surface area (TPSA) is 27.1 Å². The van der Waals surface area contributed by atoms with Crippen LogP contribution in [0.15, 0.2) is 36.5 Å². The molecule has 1 aromatic carbocycles. The minimum atomic E-state index is 0.445. The molecular weight excluding hydrogens is 351 g/mol. The summed E-state index contributed by atoms with van der Waals surface area (Å²) in [4.78, 5) is 4.63. The molecule has 1 unspecified atom stereocenters. The van der Waals surface area contributed by atoms with Gasteiger partial charge in [0.25, 0.3) is 0 Å². The second-order valence-electron chi connectivity index (χ2n) is 4.96. The van der Waals surface area contributed by atoms with Crippen LogP contribution in [0.3, 0.4) is 0 Å². The van der Waals surface area contributed by atoms with Crippen LogP contribution in [-0.4, -0.2) is 16.2 Å². The van der Waals surface area contributed by atoms with Crippen molar-refractivity contribution in [3.63, 3.8) is 0 Å². The summed E-state index contributed by atoms with van der Waals surface area (Å²) >= 11 is 2.28. The molecule has 3 nitrogen and oxygen atoms in total. The summed E-state index contributed by atoms with van der Waals surface area (Å²) in [5.74, 6) is 1.64. The zero-order chi connectivity index (χ0) is 13.1. The average Bonchev–Trinajstić information content (AvgIpc) is 2.81. The highest BCUT2D eigenvalue weighted by atomic mass is 127. The highest BCUT2D eigenvalue weighted by molar-refractivity contribution is 14.1. The van der Waals surface area contributed by atoms with Crippen LogP contribution in [0.4, 0.5) is 0 Å². The summed E-state index contributed by atoms with van der Waals surface area (Å²) in [6.07, 6.45) is 4.54. The summed E-state index contributed by atoms with van der Waals surface area (Å²) in [6.45, 7) is 2.55. The van der Waals surface area contributed by atoms with E-state index in [-0.39, 0.29) is 0 Å². The lowest BCUT2D eigenvalue weighted by molar-refractivity contribution is 0.0977. The molecule has 2 heterocycles. The normalized spacial score (nSPS) is 18.3. The molecule has 0 aliphatic carbocycles. The first-order valence-corrected chi connectivity index (χ1v) is 7.75. The Morgan fingerprint density at radius 1 is 1.32 bits per heavy atom. The Balaban J connectivity index is 1.59. The largest absolute Gasteiger partial charge is 0.376 e. The van der Waals surface area contributed by atoms with E-state index in [4.69, 9.17) is 4.74 Å². The molecule has 3 rings (SSSR count). The molecular formula is C15H17IN2O. The van der Waals surface area contributed by atoms with E-state index in [9.17, 15) is 0 Å². The molecule has 0 saturated carbocycles. The molecule has 1 aliphatic rings. The predicted octanol–water partition coefficient (Wildman–Crippen LogP) is 3.58. The fourth-order valence-corrected chi connectivity index (χ4v) is 3.17. The molecule has 100 valence electrons. The van der Waals surface area contributed by atoms with E-state index in [1.807, 2.05) is 18.2 Å². The third-order valence-electron chi connectivity index (χ3n) is 3.53. The van der Waals surface area contributed by atoms with Gasteiger partial charge < -0.3 is 9.30 Å². The number of hydrogen-bond acceptors (Lipinski definition) is 2. The van der Waals surface area contributed by atoms with Crippen LogP contribution in [0, 0.1) is 3.70 Å². The van der Waals surface area contributed by atoms with Crippen LogP contribution >= 0.6 is 22.6 Å². The van der Waals surface area contributed by atoms with Gasteiger partial charge in [-0.15, -0.1) is 0 Å². The number of benzene rings is 1. The van der Waals surface area contributed by atoms with Crippen LogP contribution in [-0.2, 0) is 17.9 Å². The van der Waals surface area contributed by atoms with Crippen LogP contribution in [0.5, 0.6) is 0 Å². The molecule has 1 atom stereocenters. The van der Waals surface area contributed by atoms with Gasteiger partial charge in [-0.1, -0.05) is 30.3 Å². The van der Waals surface area contributed by atoms with E-state index in [0.717, 1.165) is 16.9 Å². The second-order valence-corrected chi connectivity index (χ2v) is 6.06. The number of hydrogen-bond donors (Lipinski definition) is 0. The highest BCUT2D eigenvalue weighted by Gasteiger charge is 2.22. The van der Waals surface area contributed by atoms with Gasteiger partial charge >= 0.3 is 0 Å². The first-order chi connectivity index (χ1) is 9.33. The summed E-state index contributed by atoms with van der Waals surface area (Å²) in [5, 5.41) is 0. The first-order valence-electron chi connectivity index (χ1n) is 6.67. The number of nitrogens with zero attached hydrogens (tertiary/aromatic N) is 2. The number of aryl methyl sites for hydroxylation is 1. The Morgan fingerprint density at radius 2 is 2.16 bits per heavy atom.